The maximum absolute atomic E-state index is 11.1. The Morgan fingerprint density at radius 2 is 2.30 bits per heavy atom. The van der Waals surface area contributed by atoms with Crippen LogP contribution in [-0.2, 0) is 10.0 Å². The predicted octanol–water partition coefficient (Wildman–Crippen LogP) is 0.308. The van der Waals surface area contributed by atoms with E-state index < -0.39 is 10.0 Å². The van der Waals surface area contributed by atoms with Crippen molar-refractivity contribution in [2.24, 2.45) is 0 Å². The lowest BCUT2D eigenvalue weighted by Crippen LogP contribution is -2.23. The van der Waals surface area contributed by atoms with Crippen molar-refractivity contribution in [3.63, 3.8) is 0 Å². The number of sulfonamides is 1. The Hall–Kier alpha value is -0.510. The van der Waals surface area contributed by atoms with Crippen molar-refractivity contribution in [2.75, 3.05) is 5.75 Å². The molecule has 0 spiro atoms. The molecule has 0 amide bonds. The highest BCUT2D eigenvalue weighted by atomic mass is 32.2. The topological polar surface area (TPSA) is 37.4 Å². The van der Waals surface area contributed by atoms with E-state index in [1.54, 1.807) is 6.20 Å². The molecule has 0 N–H and O–H groups in total. The van der Waals surface area contributed by atoms with Gasteiger partial charge in [-0.1, -0.05) is 6.08 Å². The molecule has 1 atom stereocenters. The van der Waals surface area contributed by atoms with Gasteiger partial charge in [-0.3, -0.25) is 4.31 Å². The maximum Gasteiger partial charge on any atom is 0.234 e. The van der Waals surface area contributed by atoms with E-state index in [0.29, 0.717) is 5.75 Å². The zero-order valence-corrected chi connectivity index (χ0v) is 6.34. The lowest BCUT2D eigenvalue weighted by atomic mass is 10.2. The van der Waals surface area contributed by atoms with Gasteiger partial charge in [-0.25, -0.2) is 8.42 Å². The minimum atomic E-state index is -2.88. The summed E-state index contributed by atoms with van der Waals surface area (Å²) in [6.07, 6.45) is 5.31. The molecule has 0 bridgehead atoms. The van der Waals surface area contributed by atoms with E-state index in [1.165, 1.54) is 4.31 Å². The van der Waals surface area contributed by atoms with Gasteiger partial charge >= 0.3 is 0 Å². The number of hydrogen-bond donors (Lipinski definition) is 0. The molecule has 2 rings (SSSR count). The third-order valence-electron chi connectivity index (χ3n) is 2.05. The molecule has 0 aliphatic carbocycles. The first-order chi connectivity index (χ1) is 4.70. The summed E-state index contributed by atoms with van der Waals surface area (Å²) in [5.74, 6) is 0.335. The van der Waals surface area contributed by atoms with Gasteiger partial charge in [-0.05, 0) is 12.8 Å². The van der Waals surface area contributed by atoms with Gasteiger partial charge in [0.25, 0.3) is 0 Å². The second-order valence-electron chi connectivity index (χ2n) is 2.71. The van der Waals surface area contributed by atoms with Crippen molar-refractivity contribution in [3.8, 4) is 0 Å². The van der Waals surface area contributed by atoms with Gasteiger partial charge in [0.15, 0.2) is 0 Å². The molecule has 2 aliphatic heterocycles. The summed E-state index contributed by atoms with van der Waals surface area (Å²) in [5, 5.41) is 0. The monoisotopic (exact) mass is 159 g/mol. The summed E-state index contributed by atoms with van der Waals surface area (Å²) in [6.45, 7) is 0. The summed E-state index contributed by atoms with van der Waals surface area (Å²) in [4.78, 5) is 0. The first-order valence-electron chi connectivity index (χ1n) is 3.38. The fraction of sp³-hybridized carbons (Fsp3) is 0.667. The van der Waals surface area contributed by atoms with Crippen LogP contribution in [-0.4, -0.2) is 24.5 Å². The zero-order chi connectivity index (χ0) is 7.19. The Kier molecular flexibility index (Phi) is 1.09. The molecular formula is C6H9NO2S. The molecule has 56 valence electrons. The third-order valence-corrected chi connectivity index (χ3v) is 3.86. The minimum Gasteiger partial charge on any atom is -0.274 e. The highest BCUT2D eigenvalue weighted by Gasteiger charge is 2.36. The van der Waals surface area contributed by atoms with E-state index in [9.17, 15) is 8.42 Å². The summed E-state index contributed by atoms with van der Waals surface area (Å²) in [5.41, 5.74) is 0. The molecule has 4 heteroatoms. The summed E-state index contributed by atoms with van der Waals surface area (Å²) >= 11 is 0. The standard InChI is InChI=1S/C6H9NO2S/c8-10(9)5-3-6-2-1-4-7(6)10/h1,4,6H,2-3,5H2. The molecule has 0 aromatic rings. The van der Waals surface area contributed by atoms with Crippen molar-refractivity contribution >= 4 is 10.0 Å². The second kappa shape index (κ2) is 1.75. The second-order valence-corrected chi connectivity index (χ2v) is 4.70. The average molecular weight is 159 g/mol. The van der Waals surface area contributed by atoms with Gasteiger partial charge in [0.2, 0.25) is 10.0 Å². The van der Waals surface area contributed by atoms with Crippen molar-refractivity contribution in [1.82, 2.24) is 4.31 Å². The van der Waals surface area contributed by atoms with Crippen molar-refractivity contribution in [1.29, 1.82) is 0 Å². The van der Waals surface area contributed by atoms with E-state index >= 15 is 0 Å². The smallest absolute Gasteiger partial charge is 0.234 e. The van der Waals surface area contributed by atoms with Crippen molar-refractivity contribution in [3.05, 3.63) is 12.3 Å². The van der Waals surface area contributed by atoms with Gasteiger partial charge in [0, 0.05) is 12.2 Å². The Labute approximate surface area is 60.4 Å². The SMILES string of the molecule is O=S1(=O)CCC2CC=CN21. The van der Waals surface area contributed by atoms with Gasteiger partial charge in [-0.15, -0.1) is 0 Å². The first-order valence-corrected chi connectivity index (χ1v) is 4.99. The van der Waals surface area contributed by atoms with Crippen LogP contribution in [0.1, 0.15) is 12.8 Å². The Balaban J connectivity index is 2.40. The quantitative estimate of drug-likeness (QED) is 0.510. The van der Waals surface area contributed by atoms with Crippen LogP contribution in [0.4, 0.5) is 0 Å². The van der Waals surface area contributed by atoms with Crippen LogP contribution >= 0.6 is 0 Å². The van der Waals surface area contributed by atoms with Crippen LogP contribution in [0.3, 0.4) is 0 Å². The summed E-state index contributed by atoms with van der Waals surface area (Å²) in [6, 6.07) is 0.255. The van der Waals surface area contributed by atoms with E-state index in [4.69, 9.17) is 0 Å². The molecule has 0 aromatic heterocycles. The largest absolute Gasteiger partial charge is 0.274 e. The third kappa shape index (κ3) is 0.683. The summed E-state index contributed by atoms with van der Waals surface area (Å²) in [7, 11) is -2.88. The van der Waals surface area contributed by atoms with Gasteiger partial charge in [-0.2, -0.15) is 0 Å². The van der Waals surface area contributed by atoms with Crippen LogP contribution < -0.4 is 0 Å². The molecule has 2 heterocycles. The van der Waals surface area contributed by atoms with Crippen LogP contribution in [0.15, 0.2) is 12.3 Å². The molecule has 0 radical (unpaired) electrons. The normalized spacial score (nSPS) is 34.8. The van der Waals surface area contributed by atoms with Crippen LogP contribution in [0, 0.1) is 0 Å². The number of hydrogen-bond acceptors (Lipinski definition) is 2. The fourth-order valence-corrected chi connectivity index (χ4v) is 3.20. The lowest BCUT2D eigenvalue weighted by molar-refractivity contribution is 0.458. The molecule has 10 heavy (non-hydrogen) atoms. The van der Waals surface area contributed by atoms with Gasteiger partial charge < -0.3 is 0 Å². The molecule has 1 unspecified atom stereocenters. The number of fused-ring (bicyclic) bond motifs is 1. The van der Waals surface area contributed by atoms with Crippen LogP contribution in [0.2, 0.25) is 0 Å². The predicted molar refractivity (Wildman–Crippen MR) is 37.8 cm³/mol. The first kappa shape index (κ1) is 6.22. The fourth-order valence-electron chi connectivity index (χ4n) is 1.50. The van der Waals surface area contributed by atoms with E-state index in [0.717, 1.165) is 12.8 Å². The Morgan fingerprint density at radius 3 is 3.00 bits per heavy atom. The lowest BCUT2D eigenvalue weighted by Gasteiger charge is -2.12. The molecule has 3 nitrogen and oxygen atoms in total. The van der Waals surface area contributed by atoms with E-state index in [1.807, 2.05) is 6.08 Å². The molecular weight excluding hydrogens is 150 g/mol. The number of rotatable bonds is 0. The van der Waals surface area contributed by atoms with Crippen LogP contribution in [0.5, 0.6) is 0 Å². The highest BCUT2D eigenvalue weighted by Crippen LogP contribution is 2.28. The Bertz CT molecular complexity index is 267. The molecule has 1 saturated heterocycles. The van der Waals surface area contributed by atoms with Crippen LogP contribution in [0.25, 0.3) is 0 Å². The highest BCUT2D eigenvalue weighted by molar-refractivity contribution is 7.89. The van der Waals surface area contributed by atoms with E-state index in [-0.39, 0.29) is 6.04 Å². The maximum atomic E-state index is 11.1. The zero-order valence-electron chi connectivity index (χ0n) is 5.53. The Morgan fingerprint density at radius 1 is 1.50 bits per heavy atom. The van der Waals surface area contributed by atoms with E-state index in [2.05, 4.69) is 0 Å². The summed E-state index contributed by atoms with van der Waals surface area (Å²) < 4.78 is 23.7. The molecule has 0 saturated carbocycles. The van der Waals surface area contributed by atoms with Gasteiger partial charge in [0.05, 0.1) is 5.75 Å². The average Bonchev–Trinajstić information content (AvgIpc) is 2.36. The minimum absolute atomic E-state index is 0.255. The van der Waals surface area contributed by atoms with Crippen molar-refractivity contribution < 1.29 is 8.42 Å². The molecule has 0 aromatic carbocycles. The molecule has 1 fully saturated rings. The number of nitrogens with zero attached hydrogens (tertiary/aromatic N) is 1. The van der Waals surface area contributed by atoms with Gasteiger partial charge in [0.1, 0.15) is 0 Å². The molecule has 2 aliphatic rings. The van der Waals surface area contributed by atoms with Crippen molar-refractivity contribution in [2.45, 2.75) is 18.9 Å².